The Morgan fingerprint density at radius 2 is 2.00 bits per heavy atom. The smallest absolute Gasteiger partial charge is 0.305 e. The molecule has 2 heterocycles. The lowest BCUT2D eigenvalue weighted by atomic mass is 9.98. The number of aromatic amines is 1. The molecule has 0 radical (unpaired) electrons. The van der Waals surface area contributed by atoms with Crippen LogP contribution in [0.4, 0.5) is 0 Å². The first kappa shape index (κ1) is 17.0. The van der Waals surface area contributed by atoms with Crippen molar-refractivity contribution in [3.63, 3.8) is 0 Å². The van der Waals surface area contributed by atoms with E-state index in [1.807, 2.05) is 18.0 Å². The molecule has 0 amide bonds. The molecule has 10 heteroatoms. The molecule has 2 N–H and O–H groups in total. The van der Waals surface area contributed by atoms with Gasteiger partial charge in [-0.15, -0.1) is 0 Å². The number of nitrogens with zero attached hydrogens (tertiary/aromatic N) is 3. The highest BCUT2D eigenvalue weighted by atomic mass is 32.2. The van der Waals surface area contributed by atoms with Crippen molar-refractivity contribution < 1.29 is 8.42 Å². The van der Waals surface area contributed by atoms with Gasteiger partial charge in [-0.05, 0) is 29.7 Å². The number of fused-ring (bicyclic) bond motifs is 1. The first-order chi connectivity index (χ1) is 11.7. The minimum absolute atomic E-state index is 0.201. The van der Waals surface area contributed by atoms with Gasteiger partial charge in [-0.2, -0.15) is 9.77 Å². The zero-order chi connectivity index (χ0) is 18.4. The van der Waals surface area contributed by atoms with Crippen molar-refractivity contribution in [2.45, 2.75) is 13.3 Å². The summed E-state index contributed by atoms with van der Waals surface area (Å²) in [5.41, 5.74) is 1.33. The van der Waals surface area contributed by atoms with Gasteiger partial charge in [0.15, 0.2) is 0 Å². The van der Waals surface area contributed by atoms with Crippen molar-refractivity contribution in [1.82, 2.24) is 19.4 Å². The molecule has 0 bridgehead atoms. The van der Waals surface area contributed by atoms with Crippen LogP contribution in [0.25, 0.3) is 22.0 Å². The maximum Gasteiger partial charge on any atom is 0.348 e. The van der Waals surface area contributed by atoms with Gasteiger partial charge < -0.3 is 4.98 Å². The Labute approximate surface area is 142 Å². The van der Waals surface area contributed by atoms with Gasteiger partial charge in [0.05, 0.1) is 23.4 Å². The summed E-state index contributed by atoms with van der Waals surface area (Å²) in [7, 11) is -1.99. The van der Waals surface area contributed by atoms with Gasteiger partial charge >= 0.3 is 5.69 Å². The Bertz CT molecular complexity index is 1190. The van der Waals surface area contributed by atoms with Gasteiger partial charge in [-0.3, -0.25) is 9.48 Å². The van der Waals surface area contributed by atoms with Crippen LogP contribution in [0.5, 0.6) is 0 Å². The lowest BCUT2D eigenvalue weighted by molar-refractivity contribution is 0.598. The Hall–Kier alpha value is -2.88. The Kier molecular flexibility index (Phi) is 3.99. The predicted octanol–water partition coefficient (Wildman–Crippen LogP) is 0.156. The van der Waals surface area contributed by atoms with Crippen molar-refractivity contribution in [1.29, 1.82) is 0 Å². The van der Waals surface area contributed by atoms with Crippen molar-refractivity contribution in [3.05, 3.63) is 50.9 Å². The van der Waals surface area contributed by atoms with Crippen molar-refractivity contribution in [3.8, 4) is 11.1 Å². The fourth-order valence-electron chi connectivity index (χ4n) is 2.68. The minimum atomic E-state index is -3.78. The van der Waals surface area contributed by atoms with Gasteiger partial charge in [0.1, 0.15) is 0 Å². The lowest BCUT2D eigenvalue weighted by Crippen LogP contribution is -2.43. The molecule has 3 aromatic rings. The zero-order valence-corrected chi connectivity index (χ0v) is 14.7. The summed E-state index contributed by atoms with van der Waals surface area (Å²) in [5.74, 6) is 0. The molecule has 1 aromatic carbocycles. The number of aryl methyl sites for hydroxylation is 2. The van der Waals surface area contributed by atoms with Crippen LogP contribution in [0.2, 0.25) is 0 Å². The van der Waals surface area contributed by atoms with E-state index in [2.05, 4.69) is 10.1 Å². The molecule has 0 fully saturated rings. The van der Waals surface area contributed by atoms with Crippen LogP contribution in [0.3, 0.4) is 0 Å². The molecule has 132 valence electrons. The molecular formula is C15H17N5O4S. The van der Waals surface area contributed by atoms with Crippen LogP contribution in [-0.4, -0.2) is 34.1 Å². The molecule has 0 aliphatic rings. The molecule has 2 aromatic heterocycles. The maximum absolute atomic E-state index is 12.6. The molecule has 0 aliphatic heterocycles. The molecule has 0 spiro atoms. The van der Waals surface area contributed by atoms with Gasteiger partial charge in [0, 0.05) is 18.8 Å². The third-order valence-corrected chi connectivity index (χ3v) is 4.29. The van der Waals surface area contributed by atoms with Gasteiger partial charge in [0.25, 0.3) is 5.56 Å². The molecule has 0 saturated heterocycles. The number of H-pyrrole nitrogens is 1. The van der Waals surface area contributed by atoms with E-state index in [0.29, 0.717) is 16.6 Å². The quantitative estimate of drug-likeness (QED) is 0.684. The summed E-state index contributed by atoms with van der Waals surface area (Å²) in [6.45, 7) is 1.96. The third-order valence-electron chi connectivity index (χ3n) is 3.78. The standard InChI is InChI=1S/C15H17N5O4S/c1-4-9-5-13-12(6-11(9)10-7-16-19(2)8-10)14(21)20(15(22)17-13)18-25(3,23)24/h5-8,18H,4H2,1-3H3,(H,17,22). The van der Waals surface area contributed by atoms with Crippen LogP contribution in [0.1, 0.15) is 12.5 Å². The second kappa shape index (κ2) is 5.88. The zero-order valence-electron chi connectivity index (χ0n) is 13.9. The SMILES string of the molecule is CCc1cc2[nH]c(=O)n(NS(C)(=O)=O)c(=O)c2cc1-c1cnn(C)c1. The second-order valence-electron chi connectivity index (χ2n) is 5.75. The van der Waals surface area contributed by atoms with E-state index in [9.17, 15) is 18.0 Å². The van der Waals surface area contributed by atoms with Gasteiger partial charge in [-0.25, -0.2) is 18.0 Å². The second-order valence-corrected chi connectivity index (χ2v) is 7.47. The van der Waals surface area contributed by atoms with Gasteiger partial charge in [0.2, 0.25) is 10.0 Å². The third kappa shape index (κ3) is 3.20. The highest BCUT2D eigenvalue weighted by Crippen LogP contribution is 2.26. The molecule has 0 aliphatic carbocycles. The largest absolute Gasteiger partial charge is 0.348 e. The first-order valence-corrected chi connectivity index (χ1v) is 9.37. The first-order valence-electron chi connectivity index (χ1n) is 7.48. The summed E-state index contributed by atoms with van der Waals surface area (Å²) in [6, 6.07) is 3.37. The summed E-state index contributed by atoms with van der Waals surface area (Å²) in [6.07, 6.45) is 5.05. The molecular weight excluding hydrogens is 346 g/mol. The fourth-order valence-corrected chi connectivity index (χ4v) is 3.18. The van der Waals surface area contributed by atoms with Crippen molar-refractivity contribution >= 4 is 20.9 Å². The number of sulfonamides is 1. The lowest BCUT2D eigenvalue weighted by Gasteiger charge is -2.11. The summed E-state index contributed by atoms with van der Waals surface area (Å²) < 4.78 is 24.9. The fraction of sp³-hybridized carbons (Fsp3) is 0.267. The average Bonchev–Trinajstić information content (AvgIpc) is 2.95. The normalized spacial score (nSPS) is 11.8. The number of hydrogen-bond donors (Lipinski definition) is 2. The molecule has 25 heavy (non-hydrogen) atoms. The van der Waals surface area contributed by atoms with Crippen LogP contribution < -0.4 is 16.1 Å². The van der Waals surface area contributed by atoms with Crippen molar-refractivity contribution in [2.24, 2.45) is 7.05 Å². The molecule has 9 nitrogen and oxygen atoms in total. The Morgan fingerprint density at radius 1 is 1.28 bits per heavy atom. The number of nitrogens with one attached hydrogen (secondary N) is 2. The summed E-state index contributed by atoms with van der Waals surface area (Å²) in [5, 5.41) is 4.34. The van der Waals surface area contributed by atoms with Gasteiger partial charge in [-0.1, -0.05) is 6.92 Å². The molecule has 0 atom stereocenters. The number of benzene rings is 1. The van der Waals surface area contributed by atoms with E-state index >= 15 is 0 Å². The molecule has 3 rings (SSSR count). The average molecular weight is 363 g/mol. The van der Waals surface area contributed by atoms with Crippen LogP contribution in [-0.2, 0) is 23.5 Å². The van der Waals surface area contributed by atoms with Crippen LogP contribution in [0, 0.1) is 0 Å². The van der Waals surface area contributed by atoms with E-state index < -0.39 is 21.3 Å². The topological polar surface area (TPSA) is 119 Å². The maximum atomic E-state index is 12.6. The summed E-state index contributed by atoms with van der Waals surface area (Å²) >= 11 is 0. The van der Waals surface area contributed by atoms with Crippen LogP contribution >= 0.6 is 0 Å². The van der Waals surface area contributed by atoms with E-state index in [1.54, 1.807) is 30.1 Å². The number of hydrogen-bond acceptors (Lipinski definition) is 5. The van der Waals surface area contributed by atoms with Crippen molar-refractivity contribution in [2.75, 3.05) is 11.1 Å². The molecule has 0 saturated carbocycles. The minimum Gasteiger partial charge on any atom is -0.305 e. The Morgan fingerprint density at radius 3 is 2.56 bits per heavy atom. The van der Waals surface area contributed by atoms with E-state index in [-0.39, 0.29) is 5.39 Å². The van der Waals surface area contributed by atoms with E-state index in [1.165, 1.54) is 0 Å². The van der Waals surface area contributed by atoms with E-state index in [4.69, 9.17) is 0 Å². The number of aromatic nitrogens is 4. The Balaban J connectivity index is 2.34. The van der Waals surface area contributed by atoms with E-state index in [0.717, 1.165) is 22.9 Å². The predicted molar refractivity (Wildman–Crippen MR) is 94.6 cm³/mol. The summed E-state index contributed by atoms with van der Waals surface area (Å²) in [4.78, 5) is 29.1. The monoisotopic (exact) mass is 363 g/mol. The van der Waals surface area contributed by atoms with Crippen LogP contribution in [0.15, 0.2) is 34.1 Å². The highest BCUT2D eigenvalue weighted by molar-refractivity contribution is 7.91. The number of rotatable bonds is 4. The highest BCUT2D eigenvalue weighted by Gasteiger charge is 2.15. The molecule has 0 unspecified atom stereocenters.